The summed E-state index contributed by atoms with van der Waals surface area (Å²) in [5, 5.41) is 0. The molecule has 0 saturated heterocycles. The van der Waals surface area contributed by atoms with E-state index in [-0.39, 0.29) is 0 Å². The van der Waals surface area contributed by atoms with Crippen molar-refractivity contribution in [2.24, 2.45) is 0 Å². The SMILES string of the molecule is ClC(Cl)(Cl)Cl.ClP(Cl)(Cl)(Cl)Cl. The summed E-state index contributed by atoms with van der Waals surface area (Å²) in [6.07, 6.45) is 0. The Morgan fingerprint density at radius 1 is 0.636 bits per heavy atom. The van der Waals surface area contributed by atoms with Gasteiger partial charge in [0.05, 0.1) is 0 Å². The topological polar surface area (TPSA) is 0 Å². The molecule has 0 aliphatic carbocycles. The molecule has 0 spiro atoms. The van der Waals surface area contributed by atoms with Crippen LogP contribution in [0, 0.1) is 0 Å². The van der Waals surface area contributed by atoms with Crippen molar-refractivity contribution in [1.29, 1.82) is 0 Å². The first-order chi connectivity index (χ1) is 4.24. The van der Waals surface area contributed by atoms with Crippen molar-refractivity contribution in [2.45, 2.75) is 3.25 Å². The standard InChI is InChI=1S/CCl4.Cl5P/c2-1(3,4)5;1-6(2,3,4)5. The van der Waals surface area contributed by atoms with Gasteiger partial charge >= 0.3 is 59.6 Å². The number of hydrogen-bond donors (Lipinski definition) is 0. The summed E-state index contributed by atoms with van der Waals surface area (Å²) < 4.78 is -5.30. The molecular formula is CCl9P. The summed E-state index contributed by atoms with van der Waals surface area (Å²) in [7, 11) is 0. The van der Waals surface area contributed by atoms with Crippen molar-refractivity contribution in [3.05, 3.63) is 0 Å². The molecule has 0 heterocycles. The summed E-state index contributed by atoms with van der Waals surface area (Å²) in [5.41, 5.74) is 0. The van der Waals surface area contributed by atoms with Gasteiger partial charge in [-0.05, 0) is 0 Å². The van der Waals surface area contributed by atoms with Crippen molar-refractivity contribution in [3.8, 4) is 0 Å². The summed E-state index contributed by atoms with van der Waals surface area (Å²) in [5.74, 6) is 0. The van der Waals surface area contributed by atoms with Crippen LogP contribution in [0.25, 0.3) is 0 Å². The Bertz CT molecular complexity index is 88.8. The van der Waals surface area contributed by atoms with Gasteiger partial charge in [0.1, 0.15) is 0 Å². The first kappa shape index (κ1) is 16.5. The average Bonchev–Trinajstić information content (AvgIpc) is 1.07. The van der Waals surface area contributed by atoms with Crippen LogP contribution in [0.2, 0.25) is 0 Å². The van der Waals surface area contributed by atoms with E-state index < -0.39 is 6.62 Å². The molecule has 0 radical (unpaired) electrons. The fourth-order valence-corrected chi connectivity index (χ4v) is 0. The first-order valence-electron chi connectivity index (χ1n) is 1.60. The molecule has 0 aromatic rings. The average molecular weight is 362 g/mol. The van der Waals surface area contributed by atoms with Crippen LogP contribution in [0.5, 0.6) is 0 Å². The Balaban J connectivity index is 0. The number of halogens is 9. The second kappa shape index (κ2) is 5.21. The molecular weight excluding hydrogens is 362 g/mol. The molecule has 0 bridgehead atoms. The Morgan fingerprint density at radius 2 is 0.636 bits per heavy atom. The Labute approximate surface area is 108 Å². The summed E-state index contributed by atoms with van der Waals surface area (Å²) in [6.45, 7) is 0. The van der Waals surface area contributed by atoms with Crippen molar-refractivity contribution in [3.63, 3.8) is 0 Å². The molecule has 72 valence electrons. The van der Waals surface area contributed by atoms with E-state index in [1.54, 1.807) is 0 Å². The van der Waals surface area contributed by atoms with E-state index in [0.29, 0.717) is 0 Å². The molecule has 0 unspecified atom stereocenters. The van der Waals surface area contributed by atoms with E-state index in [0.717, 1.165) is 0 Å². The van der Waals surface area contributed by atoms with Gasteiger partial charge in [-0.3, -0.25) is 0 Å². The summed E-state index contributed by atoms with van der Waals surface area (Å²) in [4.78, 5) is 0. The van der Waals surface area contributed by atoms with Crippen LogP contribution >= 0.6 is 106 Å². The third-order valence-corrected chi connectivity index (χ3v) is 0. The third-order valence-electron chi connectivity index (χ3n) is 0. The van der Waals surface area contributed by atoms with Crippen molar-refractivity contribution >= 4 is 106 Å². The first-order valence-corrected chi connectivity index (χ1v) is 9.87. The molecule has 11 heavy (non-hydrogen) atoms. The second-order valence-electron chi connectivity index (χ2n) is 1.07. The van der Waals surface area contributed by atoms with Crippen LogP contribution in [-0.2, 0) is 0 Å². The quantitative estimate of drug-likeness (QED) is 0.326. The fourth-order valence-electron chi connectivity index (χ4n) is 0. The Kier molecular flexibility index (Phi) is 7.81. The van der Waals surface area contributed by atoms with E-state index in [2.05, 4.69) is 0 Å². The van der Waals surface area contributed by atoms with Crippen LogP contribution in [-0.4, -0.2) is 3.25 Å². The molecule has 0 amide bonds. The van der Waals surface area contributed by atoms with Crippen LogP contribution in [0.1, 0.15) is 0 Å². The van der Waals surface area contributed by atoms with Gasteiger partial charge in [0.25, 0.3) is 3.25 Å². The van der Waals surface area contributed by atoms with Gasteiger partial charge in [-0.15, -0.1) is 0 Å². The van der Waals surface area contributed by atoms with E-state index in [1.807, 2.05) is 0 Å². The van der Waals surface area contributed by atoms with Crippen molar-refractivity contribution in [2.75, 3.05) is 0 Å². The van der Waals surface area contributed by atoms with E-state index in [9.17, 15) is 0 Å². The monoisotopic (exact) mass is 358 g/mol. The normalized spacial score (nSPS) is 15.9. The number of hydrogen-bond acceptors (Lipinski definition) is 0. The van der Waals surface area contributed by atoms with E-state index in [1.165, 1.54) is 0 Å². The minimum absolute atomic E-state index is 1.61. The van der Waals surface area contributed by atoms with Gasteiger partial charge < -0.3 is 0 Å². The van der Waals surface area contributed by atoms with E-state index in [4.69, 9.17) is 103 Å². The summed E-state index contributed by atoms with van der Waals surface area (Å²) in [6, 6.07) is 0. The minimum atomic E-state index is -3.69. The molecule has 0 atom stereocenters. The zero-order chi connectivity index (χ0) is 9.95. The number of alkyl halides is 4. The van der Waals surface area contributed by atoms with Crippen LogP contribution in [0.4, 0.5) is 0 Å². The summed E-state index contributed by atoms with van der Waals surface area (Å²) >= 11 is 44.2. The maximum absolute atomic E-state index is 4.98. The fraction of sp³-hybridized carbons (Fsp3) is 1.00. The zero-order valence-corrected chi connectivity index (χ0v) is 12.0. The molecule has 0 aromatic heterocycles. The van der Waals surface area contributed by atoms with Crippen molar-refractivity contribution < 1.29 is 0 Å². The van der Waals surface area contributed by atoms with Crippen LogP contribution < -0.4 is 0 Å². The van der Waals surface area contributed by atoms with Gasteiger partial charge in [0.15, 0.2) is 0 Å². The predicted molar refractivity (Wildman–Crippen MR) is 62.3 cm³/mol. The molecule has 0 nitrogen and oxygen atoms in total. The van der Waals surface area contributed by atoms with Gasteiger partial charge in [0, 0.05) is 0 Å². The molecule has 0 aliphatic rings. The molecule has 0 N–H and O–H groups in total. The van der Waals surface area contributed by atoms with Crippen LogP contribution in [0.3, 0.4) is 0 Å². The molecule has 0 aliphatic heterocycles. The molecule has 0 rings (SSSR count). The van der Waals surface area contributed by atoms with Gasteiger partial charge in [0.2, 0.25) is 0 Å². The Morgan fingerprint density at radius 3 is 0.636 bits per heavy atom. The van der Waals surface area contributed by atoms with Gasteiger partial charge in [-0.2, -0.15) is 0 Å². The maximum atomic E-state index is 4.98. The van der Waals surface area contributed by atoms with Crippen molar-refractivity contribution in [1.82, 2.24) is 0 Å². The predicted octanol–water partition coefficient (Wildman–Crippen LogP) is 6.86. The number of rotatable bonds is 0. The van der Waals surface area contributed by atoms with Gasteiger partial charge in [-0.25, -0.2) is 0 Å². The third kappa shape index (κ3) is 172. The second-order valence-corrected chi connectivity index (χ2v) is 21.1. The molecule has 0 saturated carbocycles. The molecule has 0 fully saturated rings. The Hall–Kier alpha value is 3.04. The molecule has 0 aromatic carbocycles. The molecule has 10 heteroatoms. The van der Waals surface area contributed by atoms with E-state index >= 15 is 0 Å². The van der Waals surface area contributed by atoms with Gasteiger partial charge in [-0.1, -0.05) is 46.4 Å². The zero-order valence-electron chi connectivity index (χ0n) is 4.35. The van der Waals surface area contributed by atoms with Crippen LogP contribution in [0.15, 0.2) is 0 Å².